The zero-order valence-corrected chi connectivity index (χ0v) is 12.0. The first-order valence-electron chi connectivity index (χ1n) is 6.13. The maximum absolute atomic E-state index is 12.7. The van der Waals surface area contributed by atoms with Crippen molar-refractivity contribution in [2.75, 3.05) is 13.1 Å². The fourth-order valence-electron chi connectivity index (χ4n) is 2.41. The molecule has 0 amide bonds. The van der Waals surface area contributed by atoms with Crippen LogP contribution in [0.5, 0.6) is 0 Å². The highest BCUT2D eigenvalue weighted by Crippen LogP contribution is 2.29. The van der Waals surface area contributed by atoms with E-state index in [2.05, 4.69) is 4.98 Å². The molecule has 2 aromatic heterocycles. The van der Waals surface area contributed by atoms with Gasteiger partial charge >= 0.3 is 0 Å². The summed E-state index contributed by atoms with van der Waals surface area (Å²) in [4.78, 5) is 4.09. The summed E-state index contributed by atoms with van der Waals surface area (Å²) in [5.41, 5.74) is 0.540. The van der Waals surface area contributed by atoms with Crippen molar-refractivity contribution < 1.29 is 8.42 Å². The number of halogens is 1. The molecule has 0 saturated carbocycles. The van der Waals surface area contributed by atoms with Crippen molar-refractivity contribution in [1.29, 1.82) is 0 Å². The minimum Gasteiger partial charge on any atom is -0.288 e. The summed E-state index contributed by atoms with van der Waals surface area (Å²) >= 11 is 6.03. The van der Waals surface area contributed by atoms with Crippen LogP contribution in [0.1, 0.15) is 13.3 Å². The van der Waals surface area contributed by atoms with Crippen LogP contribution in [-0.2, 0) is 10.0 Å². The average Bonchev–Trinajstić information content (AvgIpc) is 2.92. The maximum Gasteiger partial charge on any atom is 0.262 e. The number of aromatic nitrogens is 2. The number of nitrogens with zero attached hydrogens (tertiary/aromatic N) is 3. The van der Waals surface area contributed by atoms with Crippen LogP contribution in [0, 0.1) is 5.92 Å². The van der Waals surface area contributed by atoms with Crippen molar-refractivity contribution in [3.8, 4) is 0 Å². The van der Waals surface area contributed by atoms with Crippen molar-refractivity contribution in [2.45, 2.75) is 18.4 Å². The predicted molar refractivity (Wildman–Crippen MR) is 72.7 cm³/mol. The van der Waals surface area contributed by atoms with Crippen LogP contribution >= 0.6 is 11.6 Å². The Morgan fingerprint density at radius 2 is 2.21 bits per heavy atom. The first-order chi connectivity index (χ1) is 9.00. The number of fused-ring (bicyclic) bond motifs is 1. The van der Waals surface area contributed by atoms with E-state index in [1.165, 1.54) is 8.71 Å². The van der Waals surface area contributed by atoms with E-state index in [-0.39, 0.29) is 10.2 Å². The number of pyridine rings is 1. The van der Waals surface area contributed by atoms with Crippen LogP contribution in [0.25, 0.3) is 5.65 Å². The maximum atomic E-state index is 12.7. The summed E-state index contributed by atoms with van der Waals surface area (Å²) in [7, 11) is -3.58. The van der Waals surface area contributed by atoms with Gasteiger partial charge in [0.05, 0.1) is 0 Å². The van der Waals surface area contributed by atoms with Crippen molar-refractivity contribution >= 4 is 27.3 Å². The summed E-state index contributed by atoms with van der Waals surface area (Å²) in [6, 6.07) is 5.29. The largest absolute Gasteiger partial charge is 0.288 e. The van der Waals surface area contributed by atoms with E-state index in [1.807, 2.05) is 6.92 Å². The molecule has 0 aromatic carbocycles. The quantitative estimate of drug-likeness (QED) is 0.852. The Kier molecular flexibility index (Phi) is 3.03. The van der Waals surface area contributed by atoms with Crippen LogP contribution in [0.4, 0.5) is 0 Å². The molecular formula is C12H14ClN3O2S. The lowest BCUT2D eigenvalue weighted by atomic mass is 10.2. The van der Waals surface area contributed by atoms with Gasteiger partial charge in [-0.1, -0.05) is 24.6 Å². The third kappa shape index (κ3) is 2.04. The van der Waals surface area contributed by atoms with Gasteiger partial charge in [0.15, 0.2) is 10.2 Å². The molecule has 19 heavy (non-hydrogen) atoms. The second-order valence-corrected chi connectivity index (χ2v) is 7.10. The summed E-state index contributed by atoms with van der Waals surface area (Å²) in [6.07, 6.45) is 2.55. The van der Waals surface area contributed by atoms with E-state index in [0.717, 1.165) is 6.42 Å². The van der Waals surface area contributed by atoms with Gasteiger partial charge < -0.3 is 0 Å². The fourth-order valence-corrected chi connectivity index (χ4v) is 4.58. The van der Waals surface area contributed by atoms with Gasteiger partial charge in [0.2, 0.25) is 0 Å². The zero-order valence-electron chi connectivity index (χ0n) is 10.5. The third-order valence-electron chi connectivity index (χ3n) is 3.42. The molecule has 1 aliphatic rings. The smallest absolute Gasteiger partial charge is 0.262 e. The molecule has 3 rings (SSSR count). The molecule has 0 bridgehead atoms. The van der Waals surface area contributed by atoms with Crippen LogP contribution in [0.3, 0.4) is 0 Å². The van der Waals surface area contributed by atoms with Gasteiger partial charge in [0.25, 0.3) is 10.0 Å². The van der Waals surface area contributed by atoms with Gasteiger partial charge in [-0.05, 0) is 24.5 Å². The van der Waals surface area contributed by atoms with Gasteiger partial charge in [-0.3, -0.25) is 4.40 Å². The Morgan fingerprint density at radius 3 is 2.89 bits per heavy atom. The number of imidazole rings is 1. The molecule has 5 nitrogen and oxygen atoms in total. The lowest BCUT2D eigenvalue weighted by Gasteiger charge is -2.15. The van der Waals surface area contributed by atoms with E-state index < -0.39 is 10.0 Å². The summed E-state index contributed by atoms with van der Waals surface area (Å²) in [5.74, 6) is 0.382. The average molecular weight is 300 g/mol. The molecule has 1 unspecified atom stereocenters. The Bertz CT molecular complexity index is 726. The lowest BCUT2D eigenvalue weighted by molar-refractivity contribution is 0.461. The molecule has 0 N–H and O–H groups in total. The lowest BCUT2D eigenvalue weighted by Crippen LogP contribution is -2.29. The van der Waals surface area contributed by atoms with E-state index >= 15 is 0 Å². The Morgan fingerprint density at radius 1 is 1.42 bits per heavy atom. The van der Waals surface area contributed by atoms with Crippen molar-refractivity contribution in [1.82, 2.24) is 13.7 Å². The first-order valence-corrected chi connectivity index (χ1v) is 7.94. The highest BCUT2D eigenvalue weighted by molar-refractivity contribution is 7.89. The van der Waals surface area contributed by atoms with E-state index in [4.69, 9.17) is 11.6 Å². The Balaban J connectivity index is 2.16. The molecule has 0 radical (unpaired) electrons. The number of hydrogen-bond donors (Lipinski definition) is 0. The second-order valence-electron chi connectivity index (χ2n) is 4.89. The van der Waals surface area contributed by atoms with Crippen LogP contribution < -0.4 is 0 Å². The molecule has 0 spiro atoms. The standard InChI is InChI=1S/C12H14ClN3O2S/c1-9-5-7-15(8-9)19(17,18)12-11(13)14-10-4-2-3-6-16(10)12/h2-4,6,9H,5,7-8H2,1H3. The van der Waals surface area contributed by atoms with Crippen molar-refractivity contribution in [3.05, 3.63) is 29.5 Å². The Hall–Kier alpha value is -1.11. The van der Waals surface area contributed by atoms with E-state index in [9.17, 15) is 8.42 Å². The molecule has 1 aliphatic heterocycles. The summed E-state index contributed by atoms with van der Waals surface area (Å²) in [5, 5.41) is 0.101. The minimum absolute atomic E-state index is 0.0331. The predicted octanol–water partition coefficient (Wildman–Crippen LogP) is 2.02. The highest BCUT2D eigenvalue weighted by Gasteiger charge is 2.34. The molecule has 2 aromatic rings. The third-order valence-corrected chi connectivity index (χ3v) is 5.68. The van der Waals surface area contributed by atoms with Crippen molar-refractivity contribution in [2.24, 2.45) is 5.92 Å². The van der Waals surface area contributed by atoms with Gasteiger partial charge in [0.1, 0.15) is 5.65 Å². The highest BCUT2D eigenvalue weighted by atomic mass is 35.5. The fraction of sp³-hybridized carbons (Fsp3) is 0.417. The molecule has 7 heteroatoms. The monoisotopic (exact) mass is 299 g/mol. The van der Waals surface area contributed by atoms with Gasteiger partial charge in [-0.15, -0.1) is 0 Å². The molecular weight excluding hydrogens is 286 g/mol. The second kappa shape index (κ2) is 4.47. The summed E-state index contributed by atoms with van der Waals surface area (Å²) in [6.45, 7) is 3.13. The molecule has 1 fully saturated rings. The normalized spacial score (nSPS) is 21.3. The first kappa shape index (κ1) is 12.9. The summed E-state index contributed by atoms with van der Waals surface area (Å²) < 4.78 is 28.3. The van der Waals surface area contributed by atoms with Crippen LogP contribution in [0.2, 0.25) is 5.15 Å². The molecule has 102 valence electrons. The van der Waals surface area contributed by atoms with E-state index in [1.54, 1.807) is 24.4 Å². The van der Waals surface area contributed by atoms with E-state index in [0.29, 0.717) is 24.7 Å². The SMILES string of the molecule is CC1CCN(S(=O)(=O)c2c(Cl)nc3ccccn23)C1. The van der Waals surface area contributed by atoms with Crippen LogP contribution in [-0.4, -0.2) is 35.2 Å². The molecule has 0 aliphatic carbocycles. The topological polar surface area (TPSA) is 54.7 Å². The molecule has 1 atom stereocenters. The molecule has 1 saturated heterocycles. The zero-order chi connectivity index (χ0) is 13.6. The van der Waals surface area contributed by atoms with Gasteiger partial charge in [-0.25, -0.2) is 13.4 Å². The van der Waals surface area contributed by atoms with Crippen molar-refractivity contribution in [3.63, 3.8) is 0 Å². The van der Waals surface area contributed by atoms with Gasteiger partial charge in [0, 0.05) is 19.3 Å². The number of hydrogen-bond acceptors (Lipinski definition) is 3. The minimum atomic E-state index is -3.58. The Labute approximate surface area is 116 Å². The number of rotatable bonds is 2. The molecule has 3 heterocycles. The van der Waals surface area contributed by atoms with Gasteiger partial charge in [-0.2, -0.15) is 4.31 Å². The number of sulfonamides is 1. The van der Waals surface area contributed by atoms with Crippen LogP contribution in [0.15, 0.2) is 29.4 Å².